The Morgan fingerprint density at radius 1 is 1.50 bits per heavy atom. The van der Waals surface area contributed by atoms with E-state index in [1.54, 1.807) is 0 Å². The van der Waals surface area contributed by atoms with E-state index in [1.807, 2.05) is 30.0 Å². The van der Waals surface area contributed by atoms with E-state index in [1.165, 1.54) is 11.8 Å². The lowest BCUT2D eigenvalue weighted by molar-refractivity contribution is -0.133. The van der Waals surface area contributed by atoms with Crippen molar-refractivity contribution in [1.82, 2.24) is 9.55 Å². The van der Waals surface area contributed by atoms with E-state index in [9.17, 15) is 4.79 Å². The van der Waals surface area contributed by atoms with Crippen molar-refractivity contribution in [2.24, 2.45) is 0 Å². The second-order valence-electron chi connectivity index (χ2n) is 4.21. The van der Waals surface area contributed by atoms with Gasteiger partial charge >= 0.3 is 5.97 Å². The Morgan fingerprint density at radius 2 is 2.30 bits per heavy atom. The molecule has 0 aliphatic carbocycles. The van der Waals surface area contributed by atoms with Crippen molar-refractivity contribution >= 4 is 56.5 Å². The van der Waals surface area contributed by atoms with Gasteiger partial charge in [0, 0.05) is 11.0 Å². The molecule has 1 aromatic heterocycles. The fraction of sp³-hybridized carbons (Fsp3) is 0.385. The van der Waals surface area contributed by atoms with E-state index in [0.717, 1.165) is 39.4 Å². The molecule has 1 heterocycles. The molecule has 0 fully saturated rings. The van der Waals surface area contributed by atoms with Gasteiger partial charge in [-0.1, -0.05) is 27.7 Å². The molecule has 7 heteroatoms. The number of carboxylic acid groups (broad SMARTS) is 1. The van der Waals surface area contributed by atoms with Crippen LogP contribution in [0.2, 0.25) is 0 Å². The van der Waals surface area contributed by atoms with E-state index < -0.39 is 5.97 Å². The molecule has 0 bridgehead atoms. The van der Waals surface area contributed by atoms with E-state index >= 15 is 0 Å². The van der Waals surface area contributed by atoms with Crippen molar-refractivity contribution in [2.45, 2.75) is 18.1 Å². The van der Waals surface area contributed by atoms with Gasteiger partial charge in [-0.3, -0.25) is 4.79 Å². The molecule has 0 unspecified atom stereocenters. The SMILES string of the molecule is CSCCCn1c(SCC(=O)O)nc2cc(Br)ccc21. The molecule has 108 valence electrons. The van der Waals surface area contributed by atoms with Crippen molar-refractivity contribution in [1.29, 1.82) is 0 Å². The predicted molar refractivity (Wildman–Crippen MR) is 88.8 cm³/mol. The van der Waals surface area contributed by atoms with Gasteiger partial charge < -0.3 is 9.67 Å². The van der Waals surface area contributed by atoms with Gasteiger partial charge in [0.2, 0.25) is 0 Å². The number of carbonyl (C=O) groups is 1. The number of fused-ring (bicyclic) bond motifs is 1. The van der Waals surface area contributed by atoms with Crippen LogP contribution in [0.4, 0.5) is 0 Å². The Kier molecular flexibility index (Phi) is 5.80. The first-order chi connectivity index (χ1) is 9.61. The predicted octanol–water partition coefficient (Wildman–Crippen LogP) is 3.73. The summed E-state index contributed by atoms with van der Waals surface area (Å²) >= 11 is 6.53. The molecule has 0 saturated heterocycles. The Hall–Kier alpha value is -0.660. The maximum Gasteiger partial charge on any atom is 0.313 e. The maximum atomic E-state index is 10.7. The zero-order chi connectivity index (χ0) is 14.5. The van der Waals surface area contributed by atoms with E-state index in [0.29, 0.717) is 0 Å². The number of rotatable bonds is 7. The molecule has 0 aliphatic heterocycles. The average molecular weight is 375 g/mol. The number of imidazole rings is 1. The van der Waals surface area contributed by atoms with Crippen molar-refractivity contribution in [3.63, 3.8) is 0 Å². The van der Waals surface area contributed by atoms with Crippen LogP contribution in [0.5, 0.6) is 0 Å². The molecular weight excluding hydrogens is 360 g/mol. The first-order valence-electron chi connectivity index (χ1n) is 6.11. The Bertz CT molecular complexity index is 616. The number of hydrogen-bond donors (Lipinski definition) is 1. The minimum atomic E-state index is -0.820. The van der Waals surface area contributed by atoms with Crippen LogP contribution in [-0.4, -0.2) is 38.4 Å². The van der Waals surface area contributed by atoms with Crippen molar-refractivity contribution in [3.8, 4) is 0 Å². The van der Waals surface area contributed by atoms with Crippen LogP contribution in [-0.2, 0) is 11.3 Å². The summed E-state index contributed by atoms with van der Waals surface area (Å²) in [4.78, 5) is 15.3. The van der Waals surface area contributed by atoms with Crippen LogP contribution in [0.25, 0.3) is 11.0 Å². The van der Waals surface area contributed by atoms with E-state index in [-0.39, 0.29) is 5.75 Å². The summed E-state index contributed by atoms with van der Waals surface area (Å²) in [5.74, 6) is 0.297. The van der Waals surface area contributed by atoms with Crippen LogP contribution >= 0.6 is 39.5 Å². The largest absolute Gasteiger partial charge is 0.481 e. The highest BCUT2D eigenvalue weighted by Crippen LogP contribution is 2.26. The molecule has 2 aromatic rings. The molecule has 4 nitrogen and oxygen atoms in total. The van der Waals surface area contributed by atoms with Gasteiger partial charge in [0.15, 0.2) is 5.16 Å². The minimum Gasteiger partial charge on any atom is -0.481 e. The smallest absolute Gasteiger partial charge is 0.313 e. The molecule has 0 spiro atoms. The van der Waals surface area contributed by atoms with Gasteiger partial charge in [0.05, 0.1) is 16.8 Å². The standard InChI is InChI=1S/C13H15BrN2O2S2/c1-19-6-2-5-16-11-4-3-9(14)7-10(11)15-13(16)20-8-12(17)18/h3-4,7H,2,5-6,8H2,1H3,(H,17,18). The number of nitrogens with zero attached hydrogens (tertiary/aromatic N) is 2. The summed E-state index contributed by atoms with van der Waals surface area (Å²) in [7, 11) is 0. The van der Waals surface area contributed by atoms with E-state index in [2.05, 4.69) is 31.7 Å². The summed E-state index contributed by atoms with van der Waals surface area (Å²) < 4.78 is 3.10. The van der Waals surface area contributed by atoms with Crippen LogP contribution in [0.1, 0.15) is 6.42 Å². The highest BCUT2D eigenvalue weighted by atomic mass is 79.9. The van der Waals surface area contributed by atoms with Crippen LogP contribution in [0, 0.1) is 0 Å². The summed E-state index contributed by atoms with van der Waals surface area (Å²) in [6.07, 6.45) is 3.13. The molecule has 0 atom stereocenters. The Balaban J connectivity index is 2.31. The first-order valence-corrected chi connectivity index (χ1v) is 9.28. The van der Waals surface area contributed by atoms with Gasteiger partial charge in [0.25, 0.3) is 0 Å². The van der Waals surface area contributed by atoms with Gasteiger partial charge in [-0.2, -0.15) is 11.8 Å². The fourth-order valence-corrected chi connectivity index (χ4v) is 3.43. The number of aryl methyl sites for hydroxylation is 1. The fourth-order valence-electron chi connectivity index (χ4n) is 1.90. The highest BCUT2D eigenvalue weighted by Gasteiger charge is 2.12. The molecule has 0 amide bonds. The van der Waals surface area contributed by atoms with Crippen LogP contribution in [0.3, 0.4) is 0 Å². The number of halogens is 1. The lowest BCUT2D eigenvalue weighted by Gasteiger charge is -2.07. The summed E-state index contributed by atoms with van der Waals surface area (Å²) in [6.45, 7) is 0.862. The number of benzene rings is 1. The molecule has 0 radical (unpaired) electrons. The number of carboxylic acids is 1. The zero-order valence-electron chi connectivity index (χ0n) is 11.0. The van der Waals surface area contributed by atoms with Crippen LogP contribution in [0.15, 0.2) is 27.8 Å². The molecule has 2 rings (SSSR count). The third kappa shape index (κ3) is 3.93. The summed E-state index contributed by atoms with van der Waals surface area (Å²) in [5.41, 5.74) is 1.96. The third-order valence-electron chi connectivity index (χ3n) is 2.73. The zero-order valence-corrected chi connectivity index (χ0v) is 14.2. The first kappa shape index (κ1) is 15.7. The van der Waals surface area contributed by atoms with Crippen molar-refractivity contribution < 1.29 is 9.90 Å². The average Bonchev–Trinajstić information content (AvgIpc) is 2.74. The summed E-state index contributed by atoms with van der Waals surface area (Å²) in [6, 6.07) is 5.97. The topological polar surface area (TPSA) is 55.1 Å². The van der Waals surface area contributed by atoms with Crippen molar-refractivity contribution in [2.75, 3.05) is 17.8 Å². The summed E-state index contributed by atoms with van der Waals surface area (Å²) in [5, 5.41) is 9.61. The molecule has 20 heavy (non-hydrogen) atoms. The molecule has 0 aliphatic rings. The maximum absolute atomic E-state index is 10.7. The number of aromatic nitrogens is 2. The number of thioether (sulfide) groups is 2. The molecule has 1 N–H and O–H groups in total. The monoisotopic (exact) mass is 374 g/mol. The normalized spacial score (nSPS) is 11.1. The van der Waals surface area contributed by atoms with Gasteiger partial charge in [-0.25, -0.2) is 4.98 Å². The lowest BCUT2D eigenvalue weighted by Crippen LogP contribution is -2.04. The van der Waals surface area contributed by atoms with E-state index in [4.69, 9.17) is 5.11 Å². The van der Waals surface area contributed by atoms with Crippen LogP contribution < -0.4 is 0 Å². The second-order valence-corrected chi connectivity index (χ2v) is 7.05. The minimum absolute atomic E-state index is 0.0347. The Morgan fingerprint density at radius 3 is 3.00 bits per heavy atom. The number of hydrogen-bond acceptors (Lipinski definition) is 4. The second kappa shape index (κ2) is 7.38. The molecule has 0 saturated carbocycles. The molecule has 1 aromatic carbocycles. The Labute approximate surface area is 134 Å². The number of aliphatic carboxylic acids is 1. The lowest BCUT2D eigenvalue weighted by atomic mass is 10.3. The van der Waals surface area contributed by atoms with Gasteiger partial charge in [-0.15, -0.1) is 0 Å². The third-order valence-corrected chi connectivity index (χ3v) is 4.88. The van der Waals surface area contributed by atoms with Gasteiger partial charge in [-0.05, 0) is 36.6 Å². The van der Waals surface area contributed by atoms with Gasteiger partial charge in [0.1, 0.15) is 0 Å². The highest BCUT2D eigenvalue weighted by molar-refractivity contribution is 9.10. The quantitative estimate of drug-likeness (QED) is 0.590. The van der Waals surface area contributed by atoms with Crippen molar-refractivity contribution in [3.05, 3.63) is 22.7 Å². The molecular formula is C13H15BrN2O2S2.